The predicted molar refractivity (Wildman–Crippen MR) is 95.5 cm³/mol. The molecular formula is C17H26ClFN4. The number of nitrogens with one attached hydrogen (secondary N) is 1. The van der Waals surface area contributed by atoms with Crippen molar-refractivity contribution in [3.63, 3.8) is 0 Å². The maximum absolute atomic E-state index is 13.3. The lowest BCUT2D eigenvalue weighted by atomic mass is 10.0. The van der Waals surface area contributed by atoms with Crippen LogP contribution in [-0.2, 0) is 0 Å². The van der Waals surface area contributed by atoms with Crippen molar-refractivity contribution in [1.82, 2.24) is 5.01 Å². The summed E-state index contributed by atoms with van der Waals surface area (Å²) in [6.45, 7) is 8.81. The minimum atomic E-state index is -0.412. The molecular weight excluding hydrogens is 315 g/mol. The van der Waals surface area contributed by atoms with Crippen LogP contribution in [0.1, 0.15) is 34.1 Å². The Morgan fingerprint density at radius 3 is 2.70 bits per heavy atom. The minimum absolute atomic E-state index is 0.120. The Bertz CT molecular complexity index is 558. The molecule has 0 amide bonds. The van der Waals surface area contributed by atoms with Gasteiger partial charge in [0.2, 0.25) is 0 Å². The SMILES string of the molecule is C/C=C(\C)C(CCN(C)/N=N\C(C)C)Nc1ccc(F)c(Cl)c1. The van der Waals surface area contributed by atoms with Gasteiger partial charge >= 0.3 is 0 Å². The van der Waals surface area contributed by atoms with Crippen LogP contribution in [0.25, 0.3) is 0 Å². The Morgan fingerprint density at radius 2 is 2.13 bits per heavy atom. The normalized spacial score (nSPS) is 13.7. The largest absolute Gasteiger partial charge is 0.378 e. The molecule has 4 nitrogen and oxygen atoms in total. The Morgan fingerprint density at radius 1 is 1.43 bits per heavy atom. The first-order chi connectivity index (χ1) is 10.8. The van der Waals surface area contributed by atoms with Crippen LogP contribution < -0.4 is 5.32 Å². The smallest absolute Gasteiger partial charge is 0.141 e. The Labute approximate surface area is 143 Å². The highest BCUT2D eigenvalue weighted by atomic mass is 35.5. The number of rotatable bonds is 8. The van der Waals surface area contributed by atoms with E-state index in [0.717, 1.165) is 18.7 Å². The molecule has 6 heteroatoms. The maximum Gasteiger partial charge on any atom is 0.141 e. The van der Waals surface area contributed by atoms with Crippen LogP contribution in [0.4, 0.5) is 10.1 Å². The van der Waals surface area contributed by atoms with Crippen molar-refractivity contribution >= 4 is 17.3 Å². The second kappa shape index (κ2) is 9.50. The third kappa shape index (κ3) is 6.99. The van der Waals surface area contributed by atoms with Gasteiger partial charge in [0.15, 0.2) is 0 Å². The molecule has 0 radical (unpaired) electrons. The van der Waals surface area contributed by atoms with Crippen molar-refractivity contribution in [3.05, 3.63) is 40.7 Å². The summed E-state index contributed by atoms with van der Waals surface area (Å²) in [7, 11) is 1.91. The number of allylic oxidation sites excluding steroid dienone is 1. The van der Waals surface area contributed by atoms with E-state index >= 15 is 0 Å². The molecule has 1 rings (SSSR count). The van der Waals surface area contributed by atoms with Gasteiger partial charge in [-0.3, -0.25) is 5.01 Å². The number of benzene rings is 1. The topological polar surface area (TPSA) is 40.0 Å². The van der Waals surface area contributed by atoms with Crippen molar-refractivity contribution in [3.8, 4) is 0 Å². The van der Waals surface area contributed by atoms with E-state index in [9.17, 15) is 4.39 Å². The fraction of sp³-hybridized carbons (Fsp3) is 0.529. The molecule has 0 saturated carbocycles. The van der Waals surface area contributed by atoms with E-state index in [4.69, 9.17) is 11.6 Å². The van der Waals surface area contributed by atoms with Crippen LogP contribution >= 0.6 is 11.6 Å². The standard InChI is InChI=1S/C17H26ClFN4/c1-6-13(4)17(9-10-23(5)22-21-12(2)3)20-14-7-8-16(19)15(18)11-14/h6-8,11-12,17,20H,9-10H2,1-5H3/b13-6+,22-21-. The lowest BCUT2D eigenvalue weighted by Crippen LogP contribution is -2.26. The van der Waals surface area contributed by atoms with E-state index in [-0.39, 0.29) is 17.1 Å². The number of hydrogen-bond donors (Lipinski definition) is 1. The number of hydrogen-bond acceptors (Lipinski definition) is 3. The molecule has 1 aromatic rings. The molecule has 1 aromatic carbocycles. The maximum atomic E-state index is 13.3. The summed E-state index contributed by atoms with van der Waals surface area (Å²) < 4.78 is 13.3. The Kier molecular flexibility index (Phi) is 8.03. The molecule has 128 valence electrons. The van der Waals surface area contributed by atoms with E-state index in [1.54, 1.807) is 12.1 Å². The van der Waals surface area contributed by atoms with Crippen molar-refractivity contribution in [2.75, 3.05) is 18.9 Å². The van der Waals surface area contributed by atoms with Crippen LogP contribution in [-0.4, -0.2) is 30.7 Å². The highest BCUT2D eigenvalue weighted by Crippen LogP contribution is 2.22. The van der Waals surface area contributed by atoms with Gasteiger partial charge in [-0.1, -0.05) is 28.5 Å². The summed E-state index contributed by atoms with van der Waals surface area (Å²) >= 11 is 5.84. The monoisotopic (exact) mass is 340 g/mol. The Balaban J connectivity index is 2.71. The van der Waals surface area contributed by atoms with Crippen LogP contribution in [0.5, 0.6) is 0 Å². The zero-order valence-corrected chi connectivity index (χ0v) is 15.2. The van der Waals surface area contributed by atoms with Gasteiger partial charge in [0.05, 0.1) is 11.1 Å². The summed E-state index contributed by atoms with van der Waals surface area (Å²) in [5.74, 6) is -0.412. The Hall–Kier alpha value is -1.62. The minimum Gasteiger partial charge on any atom is -0.378 e. The van der Waals surface area contributed by atoms with E-state index < -0.39 is 5.82 Å². The molecule has 0 bridgehead atoms. The van der Waals surface area contributed by atoms with E-state index in [1.165, 1.54) is 11.6 Å². The first-order valence-electron chi connectivity index (χ1n) is 7.79. The van der Waals surface area contributed by atoms with Gasteiger partial charge in [0.25, 0.3) is 0 Å². The fourth-order valence-corrected chi connectivity index (χ4v) is 2.13. The summed E-state index contributed by atoms with van der Waals surface area (Å²) in [6, 6.07) is 4.98. The second-order valence-corrected chi connectivity index (χ2v) is 6.23. The molecule has 0 saturated heterocycles. The third-order valence-electron chi connectivity index (χ3n) is 3.44. The number of nitrogens with zero attached hydrogens (tertiary/aromatic N) is 3. The zero-order valence-electron chi connectivity index (χ0n) is 14.5. The molecule has 0 aliphatic carbocycles. The van der Waals surface area contributed by atoms with Crippen LogP contribution in [0.3, 0.4) is 0 Å². The average molecular weight is 341 g/mol. The molecule has 23 heavy (non-hydrogen) atoms. The van der Waals surface area contributed by atoms with E-state index in [2.05, 4.69) is 28.7 Å². The lowest BCUT2D eigenvalue weighted by molar-refractivity contribution is 0.312. The molecule has 1 unspecified atom stereocenters. The van der Waals surface area contributed by atoms with Gasteiger partial charge in [-0.05, 0) is 52.3 Å². The first-order valence-corrected chi connectivity index (χ1v) is 8.17. The van der Waals surface area contributed by atoms with Gasteiger partial charge in [-0.15, -0.1) is 0 Å². The fourth-order valence-electron chi connectivity index (χ4n) is 1.95. The summed E-state index contributed by atoms with van der Waals surface area (Å²) in [4.78, 5) is 0. The number of anilines is 1. The van der Waals surface area contributed by atoms with Gasteiger partial charge in [-0.2, -0.15) is 5.11 Å². The van der Waals surface area contributed by atoms with Gasteiger partial charge < -0.3 is 5.32 Å². The number of halogens is 2. The summed E-state index contributed by atoms with van der Waals surface area (Å²) in [5.41, 5.74) is 2.01. The van der Waals surface area contributed by atoms with E-state index in [1.807, 2.05) is 32.8 Å². The molecule has 1 N–H and O–H groups in total. The van der Waals surface area contributed by atoms with Crippen molar-refractivity contribution in [1.29, 1.82) is 0 Å². The van der Waals surface area contributed by atoms with Gasteiger partial charge in [0.1, 0.15) is 5.82 Å². The van der Waals surface area contributed by atoms with E-state index in [0.29, 0.717) is 0 Å². The summed E-state index contributed by atoms with van der Waals surface area (Å²) in [5, 5.41) is 13.6. The van der Waals surface area contributed by atoms with Crippen LogP contribution in [0.15, 0.2) is 40.2 Å². The quantitative estimate of drug-likeness (QED) is 0.395. The van der Waals surface area contributed by atoms with Crippen LogP contribution in [0, 0.1) is 5.82 Å². The molecule has 1 atom stereocenters. The third-order valence-corrected chi connectivity index (χ3v) is 3.73. The van der Waals surface area contributed by atoms with Crippen LogP contribution in [0.2, 0.25) is 5.02 Å². The molecule has 0 aromatic heterocycles. The highest BCUT2D eigenvalue weighted by Gasteiger charge is 2.12. The molecule has 0 aliphatic rings. The summed E-state index contributed by atoms with van der Waals surface area (Å²) in [6.07, 6.45) is 2.91. The van der Waals surface area contributed by atoms with Crippen molar-refractivity contribution < 1.29 is 4.39 Å². The molecule has 0 heterocycles. The second-order valence-electron chi connectivity index (χ2n) is 5.83. The van der Waals surface area contributed by atoms with Gasteiger partial charge in [0, 0.05) is 25.3 Å². The zero-order chi connectivity index (χ0) is 17.4. The first kappa shape index (κ1) is 19.4. The lowest BCUT2D eigenvalue weighted by Gasteiger charge is -2.23. The van der Waals surface area contributed by atoms with Crippen molar-refractivity contribution in [2.24, 2.45) is 10.3 Å². The highest BCUT2D eigenvalue weighted by molar-refractivity contribution is 6.31. The van der Waals surface area contributed by atoms with Crippen molar-refractivity contribution in [2.45, 2.75) is 46.2 Å². The van der Waals surface area contributed by atoms with Gasteiger partial charge in [-0.25, -0.2) is 4.39 Å². The molecule has 0 fully saturated rings. The predicted octanol–water partition coefficient (Wildman–Crippen LogP) is 5.32. The molecule has 0 aliphatic heterocycles. The molecule has 0 spiro atoms. The average Bonchev–Trinajstić information content (AvgIpc) is 2.51.